The van der Waals surface area contributed by atoms with E-state index in [1.807, 2.05) is 18.2 Å². The quantitative estimate of drug-likeness (QED) is 0.830. The van der Waals surface area contributed by atoms with Crippen LogP contribution in [0.4, 0.5) is 5.13 Å². The van der Waals surface area contributed by atoms with Crippen LogP contribution in [0.25, 0.3) is 10.2 Å². The van der Waals surface area contributed by atoms with Crippen LogP contribution in [-0.2, 0) is 10.0 Å². The van der Waals surface area contributed by atoms with Gasteiger partial charge in [-0.2, -0.15) is 4.31 Å². The predicted molar refractivity (Wildman–Crippen MR) is 96.5 cm³/mol. The average molecular weight is 367 g/mol. The van der Waals surface area contributed by atoms with Crippen molar-refractivity contribution in [1.29, 1.82) is 0 Å². The summed E-state index contributed by atoms with van der Waals surface area (Å²) in [5.74, 6) is 0.780. The van der Waals surface area contributed by atoms with Crippen LogP contribution in [0, 0.1) is 0 Å². The SMILES string of the molecule is COc1cccc2sc(N3CCCN(S(=O)(=O)C4CC4)CC3)nc12. The lowest BCUT2D eigenvalue weighted by atomic mass is 10.3. The van der Waals surface area contributed by atoms with E-state index in [9.17, 15) is 8.42 Å². The van der Waals surface area contributed by atoms with Crippen LogP contribution in [0.5, 0.6) is 5.75 Å². The first-order chi connectivity index (χ1) is 11.6. The molecule has 2 aliphatic rings. The highest BCUT2D eigenvalue weighted by atomic mass is 32.2. The van der Waals surface area contributed by atoms with E-state index in [2.05, 4.69) is 4.90 Å². The minimum absolute atomic E-state index is 0.129. The zero-order chi connectivity index (χ0) is 16.7. The van der Waals surface area contributed by atoms with Crippen molar-refractivity contribution in [2.45, 2.75) is 24.5 Å². The van der Waals surface area contributed by atoms with Crippen molar-refractivity contribution in [2.75, 3.05) is 38.2 Å². The van der Waals surface area contributed by atoms with Crippen molar-refractivity contribution in [1.82, 2.24) is 9.29 Å². The van der Waals surface area contributed by atoms with Gasteiger partial charge in [0.1, 0.15) is 11.3 Å². The maximum Gasteiger partial charge on any atom is 0.217 e. The smallest absolute Gasteiger partial charge is 0.217 e. The van der Waals surface area contributed by atoms with E-state index in [1.165, 1.54) is 0 Å². The Morgan fingerprint density at radius 1 is 1.21 bits per heavy atom. The molecule has 6 nitrogen and oxygen atoms in total. The Morgan fingerprint density at radius 2 is 2.04 bits per heavy atom. The van der Waals surface area contributed by atoms with E-state index in [-0.39, 0.29) is 5.25 Å². The molecule has 2 aromatic rings. The Kier molecular flexibility index (Phi) is 4.14. The van der Waals surface area contributed by atoms with Gasteiger partial charge in [0, 0.05) is 26.2 Å². The number of ether oxygens (including phenoxy) is 1. The summed E-state index contributed by atoms with van der Waals surface area (Å²) in [6.07, 6.45) is 2.47. The van der Waals surface area contributed by atoms with E-state index in [4.69, 9.17) is 9.72 Å². The largest absolute Gasteiger partial charge is 0.494 e. The molecule has 2 heterocycles. The second-order valence-electron chi connectivity index (χ2n) is 6.29. The fraction of sp³-hybridized carbons (Fsp3) is 0.562. The molecule has 4 rings (SSSR count). The lowest BCUT2D eigenvalue weighted by Gasteiger charge is -2.21. The fourth-order valence-corrected chi connectivity index (χ4v) is 6.04. The number of anilines is 1. The molecule has 130 valence electrons. The van der Waals surface area contributed by atoms with Gasteiger partial charge in [-0.1, -0.05) is 17.4 Å². The van der Waals surface area contributed by atoms with Gasteiger partial charge >= 0.3 is 0 Å². The van der Waals surface area contributed by atoms with Crippen molar-refractivity contribution in [3.8, 4) is 5.75 Å². The van der Waals surface area contributed by atoms with Crippen LogP contribution in [0.1, 0.15) is 19.3 Å². The van der Waals surface area contributed by atoms with Gasteiger partial charge in [0.15, 0.2) is 5.13 Å². The van der Waals surface area contributed by atoms with Crippen LogP contribution in [-0.4, -0.2) is 56.2 Å². The van der Waals surface area contributed by atoms with Crippen molar-refractivity contribution in [3.63, 3.8) is 0 Å². The first-order valence-corrected chi connectivity index (χ1v) is 10.6. The number of hydrogen-bond acceptors (Lipinski definition) is 6. The number of rotatable bonds is 4. The molecule has 8 heteroatoms. The molecule has 0 N–H and O–H groups in total. The van der Waals surface area contributed by atoms with Crippen LogP contribution < -0.4 is 9.64 Å². The van der Waals surface area contributed by atoms with Crippen LogP contribution in [0.3, 0.4) is 0 Å². The summed E-state index contributed by atoms with van der Waals surface area (Å²) in [7, 11) is -1.43. The Morgan fingerprint density at radius 3 is 2.79 bits per heavy atom. The summed E-state index contributed by atoms with van der Waals surface area (Å²) < 4.78 is 33.1. The van der Waals surface area contributed by atoms with E-state index in [0.29, 0.717) is 19.6 Å². The second kappa shape index (κ2) is 6.16. The Balaban J connectivity index is 1.55. The number of hydrogen-bond donors (Lipinski definition) is 0. The summed E-state index contributed by atoms with van der Waals surface area (Å²) in [6, 6.07) is 5.93. The lowest BCUT2D eigenvalue weighted by Crippen LogP contribution is -2.37. The molecule has 1 saturated carbocycles. The average Bonchev–Trinajstić information content (AvgIpc) is 3.38. The van der Waals surface area contributed by atoms with E-state index >= 15 is 0 Å². The fourth-order valence-electron chi connectivity index (χ4n) is 3.13. The van der Waals surface area contributed by atoms with Gasteiger partial charge in [0.05, 0.1) is 17.1 Å². The molecule has 1 aromatic carbocycles. The highest BCUT2D eigenvalue weighted by molar-refractivity contribution is 7.90. The predicted octanol–water partition coefficient (Wildman–Crippen LogP) is 2.31. The molecule has 1 aromatic heterocycles. The molecular weight excluding hydrogens is 346 g/mol. The summed E-state index contributed by atoms with van der Waals surface area (Å²) in [4.78, 5) is 6.94. The molecule has 0 spiro atoms. The first kappa shape index (κ1) is 16.1. The Hall–Kier alpha value is -1.38. The maximum absolute atomic E-state index is 12.4. The highest BCUT2D eigenvalue weighted by Crippen LogP contribution is 2.35. The number of para-hydroxylation sites is 1. The molecule has 2 fully saturated rings. The van der Waals surface area contributed by atoms with Crippen molar-refractivity contribution >= 4 is 36.7 Å². The maximum atomic E-state index is 12.4. The third-order valence-electron chi connectivity index (χ3n) is 4.62. The van der Waals surface area contributed by atoms with Crippen molar-refractivity contribution in [3.05, 3.63) is 18.2 Å². The minimum Gasteiger partial charge on any atom is -0.494 e. The standard InChI is InChI=1S/C16H21N3O3S2/c1-22-13-4-2-5-14-15(13)17-16(23-14)18-8-3-9-19(11-10-18)24(20,21)12-6-7-12/h2,4-5,12H,3,6-11H2,1H3. The molecule has 0 amide bonds. The normalized spacial score (nSPS) is 20.3. The molecular formula is C16H21N3O3S2. The zero-order valence-electron chi connectivity index (χ0n) is 13.6. The molecule has 0 atom stereocenters. The Labute approximate surface area is 146 Å². The van der Waals surface area contributed by atoms with Crippen LogP contribution >= 0.6 is 11.3 Å². The molecule has 0 radical (unpaired) electrons. The summed E-state index contributed by atoms with van der Waals surface area (Å²) >= 11 is 1.64. The number of nitrogens with zero attached hydrogens (tertiary/aromatic N) is 3. The van der Waals surface area contributed by atoms with Gasteiger partial charge < -0.3 is 9.64 Å². The molecule has 0 bridgehead atoms. The molecule has 1 aliphatic heterocycles. The van der Waals surface area contributed by atoms with E-state index in [0.717, 1.165) is 46.9 Å². The summed E-state index contributed by atoms with van der Waals surface area (Å²) in [5, 5.41) is 0.816. The second-order valence-corrected chi connectivity index (χ2v) is 9.51. The van der Waals surface area contributed by atoms with Gasteiger partial charge in [0.2, 0.25) is 10.0 Å². The molecule has 0 unspecified atom stereocenters. The highest BCUT2D eigenvalue weighted by Gasteiger charge is 2.40. The summed E-state index contributed by atoms with van der Waals surface area (Å²) in [5.41, 5.74) is 0.881. The third-order valence-corrected chi connectivity index (χ3v) is 8.10. The lowest BCUT2D eigenvalue weighted by molar-refractivity contribution is 0.419. The number of fused-ring (bicyclic) bond motifs is 1. The Bertz CT molecular complexity index is 845. The number of aromatic nitrogens is 1. The van der Waals surface area contributed by atoms with Crippen LogP contribution in [0.15, 0.2) is 18.2 Å². The number of thiazole rings is 1. The molecule has 24 heavy (non-hydrogen) atoms. The van der Waals surface area contributed by atoms with E-state index in [1.54, 1.807) is 22.8 Å². The number of sulfonamides is 1. The molecule has 1 saturated heterocycles. The van der Waals surface area contributed by atoms with Gasteiger partial charge in [-0.05, 0) is 31.4 Å². The summed E-state index contributed by atoms with van der Waals surface area (Å²) in [6.45, 7) is 2.68. The van der Waals surface area contributed by atoms with Gasteiger partial charge in [-0.3, -0.25) is 0 Å². The van der Waals surface area contributed by atoms with Crippen LogP contribution in [0.2, 0.25) is 0 Å². The number of methoxy groups -OCH3 is 1. The zero-order valence-corrected chi connectivity index (χ0v) is 15.3. The first-order valence-electron chi connectivity index (χ1n) is 8.27. The van der Waals surface area contributed by atoms with Crippen molar-refractivity contribution < 1.29 is 13.2 Å². The number of benzene rings is 1. The van der Waals surface area contributed by atoms with Crippen molar-refractivity contribution in [2.24, 2.45) is 0 Å². The third kappa shape index (κ3) is 2.87. The van der Waals surface area contributed by atoms with Gasteiger partial charge in [-0.15, -0.1) is 0 Å². The van der Waals surface area contributed by atoms with Gasteiger partial charge in [-0.25, -0.2) is 13.4 Å². The monoisotopic (exact) mass is 367 g/mol. The topological polar surface area (TPSA) is 62.7 Å². The van der Waals surface area contributed by atoms with Gasteiger partial charge in [0.25, 0.3) is 0 Å². The molecule has 1 aliphatic carbocycles. The van der Waals surface area contributed by atoms with E-state index < -0.39 is 10.0 Å². The minimum atomic E-state index is -3.08.